The second-order valence-electron chi connectivity index (χ2n) is 3.42. The maximum atomic E-state index is 4.98. The van der Waals surface area contributed by atoms with Gasteiger partial charge in [-0.1, -0.05) is 18.7 Å². The van der Waals surface area contributed by atoms with Gasteiger partial charge in [-0.15, -0.1) is 0 Å². The molecule has 0 aromatic rings. The van der Waals surface area contributed by atoms with Crippen molar-refractivity contribution in [1.29, 1.82) is 0 Å². The Bertz CT molecular complexity index is 185. The third kappa shape index (κ3) is 4.33. The zero-order valence-corrected chi connectivity index (χ0v) is 9.90. The summed E-state index contributed by atoms with van der Waals surface area (Å²) in [6.45, 7) is 3.90. The van der Waals surface area contributed by atoms with Crippen molar-refractivity contribution >= 4 is 16.9 Å². The van der Waals surface area contributed by atoms with Crippen molar-refractivity contribution in [3.8, 4) is 0 Å². The van der Waals surface area contributed by atoms with Crippen LogP contribution in [-0.4, -0.2) is 37.2 Å². The van der Waals surface area contributed by atoms with Crippen LogP contribution in [0.4, 0.5) is 0 Å². The highest BCUT2D eigenvalue weighted by Gasteiger charge is 2.14. The fraction of sp³-hybridized carbons (Fsp3) is 0.900. The number of nitrogens with one attached hydrogen (secondary N) is 1. The SMILES string of the molecule is CCC1CCSC(=NCCCOC)N1. The standard InChI is InChI=1S/C10H20N2OS/c1-3-9-5-8-14-10(12-9)11-6-4-7-13-2/h9H,3-8H2,1-2H3,(H,11,12). The number of rotatable bonds is 5. The fourth-order valence-corrected chi connectivity index (χ4v) is 2.40. The van der Waals surface area contributed by atoms with Gasteiger partial charge >= 0.3 is 0 Å². The number of amidine groups is 1. The summed E-state index contributed by atoms with van der Waals surface area (Å²) in [4.78, 5) is 4.51. The van der Waals surface area contributed by atoms with Gasteiger partial charge in [0.15, 0.2) is 5.17 Å². The highest BCUT2D eigenvalue weighted by atomic mass is 32.2. The summed E-state index contributed by atoms with van der Waals surface area (Å²) < 4.78 is 4.98. The molecule has 0 spiro atoms. The molecule has 1 unspecified atom stereocenters. The molecule has 82 valence electrons. The zero-order valence-electron chi connectivity index (χ0n) is 9.08. The molecular weight excluding hydrogens is 196 g/mol. The summed E-state index contributed by atoms with van der Waals surface area (Å²) in [5, 5.41) is 4.58. The highest BCUT2D eigenvalue weighted by molar-refractivity contribution is 8.13. The molecular formula is C10H20N2OS. The molecule has 1 N–H and O–H groups in total. The first-order valence-electron chi connectivity index (χ1n) is 5.29. The number of thioether (sulfide) groups is 1. The van der Waals surface area contributed by atoms with E-state index in [1.54, 1.807) is 7.11 Å². The molecule has 0 amide bonds. The Hall–Kier alpha value is -0.220. The summed E-state index contributed by atoms with van der Waals surface area (Å²) in [7, 11) is 1.73. The maximum Gasteiger partial charge on any atom is 0.156 e. The molecule has 1 rings (SSSR count). The average molecular weight is 216 g/mol. The Morgan fingerprint density at radius 3 is 3.21 bits per heavy atom. The lowest BCUT2D eigenvalue weighted by Gasteiger charge is -2.24. The van der Waals surface area contributed by atoms with Crippen LogP contribution in [-0.2, 0) is 4.74 Å². The van der Waals surface area contributed by atoms with Crippen LogP contribution in [0.25, 0.3) is 0 Å². The van der Waals surface area contributed by atoms with Gasteiger partial charge in [0.25, 0.3) is 0 Å². The van der Waals surface area contributed by atoms with Crippen LogP contribution < -0.4 is 5.32 Å². The molecule has 1 atom stereocenters. The monoisotopic (exact) mass is 216 g/mol. The number of aliphatic imine (C=N–C) groups is 1. The van der Waals surface area contributed by atoms with Crippen molar-refractivity contribution in [2.45, 2.75) is 32.2 Å². The van der Waals surface area contributed by atoms with E-state index in [0.717, 1.165) is 24.7 Å². The first-order chi connectivity index (χ1) is 6.86. The number of nitrogens with zero attached hydrogens (tertiary/aromatic N) is 1. The Labute approximate surface area is 90.7 Å². The third-order valence-electron chi connectivity index (χ3n) is 2.29. The zero-order chi connectivity index (χ0) is 10.2. The van der Waals surface area contributed by atoms with E-state index in [9.17, 15) is 0 Å². The minimum absolute atomic E-state index is 0.637. The summed E-state index contributed by atoms with van der Waals surface area (Å²) in [5.41, 5.74) is 0. The molecule has 1 fully saturated rings. The Morgan fingerprint density at radius 2 is 2.50 bits per heavy atom. The van der Waals surface area contributed by atoms with Gasteiger partial charge in [-0.2, -0.15) is 0 Å². The second-order valence-corrected chi connectivity index (χ2v) is 4.50. The molecule has 0 aromatic carbocycles. The van der Waals surface area contributed by atoms with Crippen molar-refractivity contribution in [2.24, 2.45) is 4.99 Å². The van der Waals surface area contributed by atoms with Crippen molar-refractivity contribution in [1.82, 2.24) is 5.32 Å². The van der Waals surface area contributed by atoms with Crippen molar-refractivity contribution in [3.05, 3.63) is 0 Å². The molecule has 1 heterocycles. The summed E-state index contributed by atoms with van der Waals surface area (Å²) >= 11 is 1.84. The quantitative estimate of drug-likeness (QED) is 0.712. The Balaban J connectivity index is 2.21. The molecule has 0 bridgehead atoms. The molecule has 1 aliphatic rings. The van der Waals surface area contributed by atoms with Crippen LogP contribution >= 0.6 is 11.8 Å². The Morgan fingerprint density at radius 1 is 1.64 bits per heavy atom. The van der Waals surface area contributed by atoms with E-state index >= 15 is 0 Å². The third-order valence-corrected chi connectivity index (χ3v) is 3.25. The summed E-state index contributed by atoms with van der Waals surface area (Å²) in [5.74, 6) is 1.20. The minimum atomic E-state index is 0.637. The van der Waals surface area contributed by atoms with Crippen LogP contribution in [0.1, 0.15) is 26.2 Å². The van der Waals surface area contributed by atoms with Crippen LogP contribution in [0.15, 0.2) is 4.99 Å². The number of hydrogen-bond acceptors (Lipinski definition) is 3. The van der Waals surface area contributed by atoms with Gasteiger partial charge in [0.05, 0.1) is 0 Å². The summed E-state index contributed by atoms with van der Waals surface area (Å²) in [6, 6.07) is 0.637. The van der Waals surface area contributed by atoms with Crippen LogP contribution in [0.5, 0.6) is 0 Å². The van der Waals surface area contributed by atoms with Gasteiger partial charge in [-0.3, -0.25) is 4.99 Å². The lowest BCUT2D eigenvalue weighted by Crippen LogP contribution is -2.37. The number of methoxy groups -OCH3 is 1. The lowest BCUT2D eigenvalue weighted by atomic mass is 10.2. The van der Waals surface area contributed by atoms with E-state index in [4.69, 9.17) is 4.74 Å². The topological polar surface area (TPSA) is 33.6 Å². The lowest BCUT2D eigenvalue weighted by molar-refractivity contribution is 0.197. The predicted octanol–water partition coefficient (Wildman–Crippen LogP) is 1.88. The molecule has 14 heavy (non-hydrogen) atoms. The normalized spacial score (nSPS) is 25.0. The first kappa shape index (κ1) is 11.9. The summed E-state index contributed by atoms with van der Waals surface area (Å²) in [6.07, 6.45) is 3.47. The van der Waals surface area contributed by atoms with E-state index in [0.29, 0.717) is 6.04 Å². The maximum absolute atomic E-state index is 4.98. The van der Waals surface area contributed by atoms with Crippen LogP contribution in [0.3, 0.4) is 0 Å². The molecule has 1 aliphatic heterocycles. The Kier molecular flexibility index (Phi) is 6.03. The van der Waals surface area contributed by atoms with Gasteiger partial charge < -0.3 is 10.1 Å². The van der Waals surface area contributed by atoms with Crippen molar-refractivity contribution in [3.63, 3.8) is 0 Å². The molecule has 3 nitrogen and oxygen atoms in total. The van der Waals surface area contributed by atoms with E-state index in [1.165, 1.54) is 18.6 Å². The van der Waals surface area contributed by atoms with Gasteiger partial charge in [0.2, 0.25) is 0 Å². The van der Waals surface area contributed by atoms with Gasteiger partial charge in [-0.25, -0.2) is 0 Å². The van der Waals surface area contributed by atoms with Crippen LogP contribution in [0.2, 0.25) is 0 Å². The van der Waals surface area contributed by atoms with E-state index in [1.807, 2.05) is 11.8 Å². The van der Waals surface area contributed by atoms with Gasteiger partial charge in [-0.05, 0) is 19.3 Å². The van der Waals surface area contributed by atoms with Crippen molar-refractivity contribution in [2.75, 3.05) is 26.0 Å². The molecule has 1 saturated heterocycles. The second kappa shape index (κ2) is 7.12. The number of hydrogen-bond donors (Lipinski definition) is 1. The van der Waals surface area contributed by atoms with E-state index in [-0.39, 0.29) is 0 Å². The van der Waals surface area contributed by atoms with E-state index < -0.39 is 0 Å². The molecule has 0 aromatic heterocycles. The molecule has 0 radical (unpaired) electrons. The van der Waals surface area contributed by atoms with E-state index in [2.05, 4.69) is 17.2 Å². The minimum Gasteiger partial charge on any atom is -0.385 e. The largest absolute Gasteiger partial charge is 0.385 e. The molecule has 4 heteroatoms. The van der Waals surface area contributed by atoms with Gasteiger partial charge in [0, 0.05) is 32.1 Å². The van der Waals surface area contributed by atoms with Crippen molar-refractivity contribution < 1.29 is 4.74 Å². The average Bonchev–Trinajstić information content (AvgIpc) is 2.25. The van der Waals surface area contributed by atoms with Crippen LogP contribution in [0, 0.1) is 0 Å². The molecule has 0 aliphatic carbocycles. The number of ether oxygens (including phenoxy) is 1. The smallest absolute Gasteiger partial charge is 0.156 e. The van der Waals surface area contributed by atoms with Gasteiger partial charge in [0.1, 0.15) is 0 Å². The highest BCUT2D eigenvalue weighted by Crippen LogP contribution is 2.15. The first-order valence-corrected chi connectivity index (χ1v) is 6.28. The molecule has 0 saturated carbocycles. The predicted molar refractivity (Wildman–Crippen MR) is 63.1 cm³/mol. The fourth-order valence-electron chi connectivity index (χ4n) is 1.37.